The van der Waals surface area contributed by atoms with Gasteiger partial charge in [0.2, 0.25) is 0 Å². The lowest BCUT2D eigenvalue weighted by Gasteiger charge is -2.13. The number of hydrogen-bond donors (Lipinski definition) is 0. The fraction of sp³-hybridized carbons (Fsp3) is 0.200. The average Bonchev–Trinajstić information content (AvgIpc) is 2.96. The van der Waals surface area contributed by atoms with Crippen molar-refractivity contribution in [3.05, 3.63) is 56.9 Å². The summed E-state index contributed by atoms with van der Waals surface area (Å²) >= 11 is 4.28. The molecule has 2 aromatic carbocycles. The van der Waals surface area contributed by atoms with Gasteiger partial charge in [0.05, 0.1) is 32.8 Å². The molecule has 1 aliphatic heterocycles. The fourth-order valence-electron chi connectivity index (χ4n) is 2.72. The lowest BCUT2D eigenvalue weighted by molar-refractivity contribution is -0.123. The van der Waals surface area contributed by atoms with Gasteiger partial charge in [-0.15, -0.1) is 0 Å². The molecular weight excluding hydrogens is 446 g/mol. The number of halogens is 1. The molecule has 0 aromatic heterocycles. The fourth-order valence-corrected chi connectivity index (χ4v) is 3.81. The van der Waals surface area contributed by atoms with E-state index in [0.717, 1.165) is 21.8 Å². The van der Waals surface area contributed by atoms with Crippen molar-refractivity contribution in [2.24, 2.45) is 0 Å². The van der Waals surface area contributed by atoms with E-state index in [9.17, 15) is 9.59 Å². The Morgan fingerprint density at radius 3 is 2.18 bits per heavy atom. The van der Waals surface area contributed by atoms with E-state index in [0.29, 0.717) is 27.7 Å². The zero-order valence-corrected chi connectivity index (χ0v) is 17.9. The number of hydrogen-bond acceptors (Lipinski definition) is 6. The maximum absolute atomic E-state index is 12.8. The number of nitrogens with zero attached hydrogens (tertiary/aromatic N) is 1. The Morgan fingerprint density at radius 1 is 0.964 bits per heavy atom. The van der Waals surface area contributed by atoms with Crippen molar-refractivity contribution >= 4 is 44.9 Å². The van der Waals surface area contributed by atoms with Crippen molar-refractivity contribution in [1.82, 2.24) is 4.90 Å². The molecule has 0 bridgehead atoms. The first-order valence-corrected chi connectivity index (χ1v) is 9.87. The molecule has 0 saturated carbocycles. The molecule has 2 amide bonds. The molecule has 1 aliphatic rings. The molecule has 0 spiro atoms. The van der Waals surface area contributed by atoms with Gasteiger partial charge < -0.3 is 14.2 Å². The topological polar surface area (TPSA) is 65.1 Å². The van der Waals surface area contributed by atoms with Gasteiger partial charge in [0, 0.05) is 16.1 Å². The summed E-state index contributed by atoms with van der Waals surface area (Å²) in [6, 6.07) is 10.9. The Kier molecular flexibility index (Phi) is 6.31. The summed E-state index contributed by atoms with van der Waals surface area (Å²) in [4.78, 5) is 26.7. The van der Waals surface area contributed by atoms with Crippen LogP contribution in [0.4, 0.5) is 4.79 Å². The lowest BCUT2D eigenvalue weighted by Crippen LogP contribution is -2.27. The molecule has 146 valence electrons. The van der Waals surface area contributed by atoms with Crippen LogP contribution in [0.5, 0.6) is 17.2 Å². The highest BCUT2D eigenvalue weighted by Crippen LogP contribution is 2.39. The standard InChI is InChI=1S/C20H18BrNO5S/c1-25-15-10-17(27-3)16(26-2)8-13(15)9-18-19(23)22(20(24)28-18)11-12-4-6-14(21)7-5-12/h4-10H,11H2,1-3H3/b18-9-. The molecule has 8 heteroatoms. The van der Waals surface area contributed by atoms with Crippen LogP contribution in [0.25, 0.3) is 6.08 Å². The van der Waals surface area contributed by atoms with Crippen LogP contribution in [0.15, 0.2) is 45.8 Å². The number of imide groups is 1. The van der Waals surface area contributed by atoms with Gasteiger partial charge in [0.15, 0.2) is 11.5 Å². The number of benzene rings is 2. The maximum Gasteiger partial charge on any atom is 0.293 e. The van der Waals surface area contributed by atoms with Crippen LogP contribution in [-0.2, 0) is 11.3 Å². The molecule has 0 atom stereocenters. The summed E-state index contributed by atoms with van der Waals surface area (Å²) in [5.74, 6) is 1.19. The smallest absolute Gasteiger partial charge is 0.293 e. The molecular formula is C20H18BrNO5S. The third-order valence-electron chi connectivity index (χ3n) is 4.15. The average molecular weight is 464 g/mol. The second kappa shape index (κ2) is 8.70. The molecule has 1 saturated heterocycles. The first kappa shape index (κ1) is 20.3. The summed E-state index contributed by atoms with van der Waals surface area (Å²) in [5.41, 5.74) is 1.49. The largest absolute Gasteiger partial charge is 0.496 e. The molecule has 0 unspecified atom stereocenters. The summed E-state index contributed by atoms with van der Waals surface area (Å²) in [5, 5.41) is -0.307. The summed E-state index contributed by atoms with van der Waals surface area (Å²) in [6.07, 6.45) is 1.63. The number of methoxy groups -OCH3 is 3. The van der Waals surface area contributed by atoms with Gasteiger partial charge in [-0.1, -0.05) is 28.1 Å². The zero-order chi connectivity index (χ0) is 20.3. The number of thioether (sulfide) groups is 1. The van der Waals surface area contributed by atoms with Crippen LogP contribution < -0.4 is 14.2 Å². The molecule has 28 heavy (non-hydrogen) atoms. The predicted molar refractivity (Wildman–Crippen MR) is 112 cm³/mol. The van der Waals surface area contributed by atoms with E-state index in [1.807, 2.05) is 24.3 Å². The third kappa shape index (κ3) is 4.18. The van der Waals surface area contributed by atoms with E-state index in [-0.39, 0.29) is 17.7 Å². The van der Waals surface area contributed by atoms with Crippen LogP contribution in [0.1, 0.15) is 11.1 Å². The van der Waals surface area contributed by atoms with Gasteiger partial charge >= 0.3 is 0 Å². The maximum atomic E-state index is 12.8. The number of carbonyl (C=O) groups is 2. The monoisotopic (exact) mass is 463 g/mol. The Morgan fingerprint density at radius 2 is 1.57 bits per heavy atom. The van der Waals surface area contributed by atoms with Crippen molar-refractivity contribution in [2.75, 3.05) is 21.3 Å². The number of rotatable bonds is 6. The van der Waals surface area contributed by atoms with Gasteiger partial charge in [0.25, 0.3) is 11.1 Å². The van der Waals surface area contributed by atoms with Gasteiger partial charge in [-0.05, 0) is 41.6 Å². The minimum Gasteiger partial charge on any atom is -0.496 e. The Hall–Kier alpha value is -2.45. The van der Waals surface area contributed by atoms with Crippen molar-refractivity contribution in [1.29, 1.82) is 0 Å². The highest BCUT2D eigenvalue weighted by Gasteiger charge is 2.35. The second-order valence-electron chi connectivity index (χ2n) is 5.84. The minimum atomic E-state index is -0.338. The summed E-state index contributed by atoms with van der Waals surface area (Å²) in [6.45, 7) is 0.221. The molecule has 6 nitrogen and oxygen atoms in total. The predicted octanol–water partition coefficient (Wildman–Crippen LogP) is 4.71. The molecule has 3 rings (SSSR count). The summed E-state index contributed by atoms with van der Waals surface area (Å²) < 4.78 is 16.9. The molecule has 0 N–H and O–H groups in total. The molecule has 0 radical (unpaired) electrons. The number of amides is 2. The van der Waals surface area contributed by atoms with Gasteiger partial charge in [-0.3, -0.25) is 14.5 Å². The second-order valence-corrected chi connectivity index (χ2v) is 7.75. The van der Waals surface area contributed by atoms with E-state index in [1.165, 1.54) is 26.2 Å². The van der Waals surface area contributed by atoms with Crippen LogP contribution >= 0.6 is 27.7 Å². The van der Waals surface area contributed by atoms with Crippen LogP contribution in [0.3, 0.4) is 0 Å². The van der Waals surface area contributed by atoms with Crippen molar-refractivity contribution < 1.29 is 23.8 Å². The first-order chi connectivity index (χ1) is 13.5. The number of ether oxygens (including phenoxy) is 3. The van der Waals surface area contributed by atoms with Crippen LogP contribution in [-0.4, -0.2) is 37.4 Å². The first-order valence-electron chi connectivity index (χ1n) is 8.26. The van der Waals surface area contributed by atoms with E-state index >= 15 is 0 Å². The third-order valence-corrected chi connectivity index (χ3v) is 5.59. The highest BCUT2D eigenvalue weighted by molar-refractivity contribution is 9.10. The molecule has 1 fully saturated rings. The van der Waals surface area contributed by atoms with Crippen molar-refractivity contribution in [3.63, 3.8) is 0 Å². The highest BCUT2D eigenvalue weighted by atomic mass is 79.9. The van der Waals surface area contributed by atoms with Gasteiger partial charge in [-0.25, -0.2) is 0 Å². The molecule has 1 heterocycles. The summed E-state index contributed by atoms with van der Waals surface area (Å²) in [7, 11) is 4.59. The quantitative estimate of drug-likeness (QED) is 0.577. The van der Waals surface area contributed by atoms with E-state index in [4.69, 9.17) is 14.2 Å². The van der Waals surface area contributed by atoms with Crippen LogP contribution in [0, 0.1) is 0 Å². The van der Waals surface area contributed by atoms with Crippen molar-refractivity contribution in [3.8, 4) is 17.2 Å². The van der Waals surface area contributed by atoms with Crippen molar-refractivity contribution in [2.45, 2.75) is 6.54 Å². The lowest BCUT2D eigenvalue weighted by atomic mass is 10.1. The van der Waals surface area contributed by atoms with E-state index in [1.54, 1.807) is 18.2 Å². The molecule has 2 aromatic rings. The Bertz CT molecular complexity index is 942. The SMILES string of the molecule is COc1cc(OC)c(OC)cc1/C=C1\SC(=O)N(Cc2ccc(Br)cc2)C1=O. The Balaban J connectivity index is 1.90. The zero-order valence-electron chi connectivity index (χ0n) is 15.5. The Labute approximate surface area is 175 Å². The minimum absolute atomic E-state index is 0.221. The molecule has 0 aliphatic carbocycles. The number of carbonyl (C=O) groups excluding carboxylic acids is 2. The van der Waals surface area contributed by atoms with Gasteiger partial charge in [0.1, 0.15) is 5.75 Å². The van der Waals surface area contributed by atoms with E-state index in [2.05, 4.69) is 15.9 Å². The van der Waals surface area contributed by atoms with Crippen LogP contribution in [0.2, 0.25) is 0 Å². The van der Waals surface area contributed by atoms with E-state index < -0.39 is 0 Å². The normalized spacial score (nSPS) is 15.3. The van der Waals surface area contributed by atoms with Gasteiger partial charge in [-0.2, -0.15) is 0 Å².